The lowest BCUT2D eigenvalue weighted by Gasteiger charge is -2.22. The molecule has 0 aliphatic rings. The first-order valence-electron chi connectivity index (χ1n) is 6.67. The van der Waals surface area contributed by atoms with Crippen LogP contribution in [-0.4, -0.2) is 35.5 Å². The number of aliphatic hydroxyl groups excluding tert-OH is 1. The minimum atomic E-state index is -0.438. The molecule has 0 saturated carbocycles. The summed E-state index contributed by atoms with van der Waals surface area (Å²) in [6, 6.07) is 0. The van der Waals surface area contributed by atoms with Crippen molar-refractivity contribution in [3.63, 3.8) is 0 Å². The van der Waals surface area contributed by atoms with E-state index < -0.39 is 6.10 Å². The SMILES string of the molecule is C=C(C)C(O)CCC(CBr)OC(C)OCCCC. The van der Waals surface area contributed by atoms with E-state index in [-0.39, 0.29) is 12.4 Å². The zero-order valence-corrected chi connectivity index (χ0v) is 13.4. The van der Waals surface area contributed by atoms with Crippen LogP contribution in [-0.2, 0) is 9.47 Å². The molecule has 3 unspecified atom stereocenters. The fraction of sp³-hybridized carbons (Fsp3) is 0.857. The van der Waals surface area contributed by atoms with Gasteiger partial charge in [-0.15, -0.1) is 0 Å². The summed E-state index contributed by atoms with van der Waals surface area (Å²) in [7, 11) is 0. The van der Waals surface area contributed by atoms with Crippen LogP contribution in [0.1, 0.15) is 46.5 Å². The van der Waals surface area contributed by atoms with Crippen LogP contribution >= 0.6 is 15.9 Å². The van der Waals surface area contributed by atoms with Gasteiger partial charge in [0.2, 0.25) is 0 Å². The zero-order valence-electron chi connectivity index (χ0n) is 11.8. The number of aliphatic hydroxyl groups is 1. The summed E-state index contributed by atoms with van der Waals surface area (Å²) in [5.74, 6) is 0. The molecule has 1 N–H and O–H groups in total. The maximum Gasteiger partial charge on any atom is 0.155 e. The number of alkyl halides is 1. The minimum absolute atomic E-state index is 0.0654. The number of hydrogen-bond acceptors (Lipinski definition) is 3. The average Bonchev–Trinajstić information content (AvgIpc) is 2.34. The van der Waals surface area contributed by atoms with E-state index >= 15 is 0 Å². The molecule has 3 nitrogen and oxygen atoms in total. The van der Waals surface area contributed by atoms with Crippen molar-refractivity contribution in [2.75, 3.05) is 11.9 Å². The van der Waals surface area contributed by atoms with Gasteiger partial charge in [-0.1, -0.05) is 41.4 Å². The van der Waals surface area contributed by atoms with Crippen LogP contribution in [0, 0.1) is 0 Å². The Labute approximate surface area is 120 Å². The standard InChI is InChI=1S/C14H27BrO3/c1-5-6-9-17-12(4)18-13(10-15)7-8-14(16)11(2)3/h12-14,16H,2,5-10H2,1,3-4H3. The molecule has 0 aromatic heterocycles. The van der Waals surface area contributed by atoms with Crippen molar-refractivity contribution < 1.29 is 14.6 Å². The Morgan fingerprint density at radius 2 is 2.06 bits per heavy atom. The average molecular weight is 323 g/mol. The van der Waals surface area contributed by atoms with Crippen LogP contribution in [0.4, 0.5) is 0 Å². The lowest BCUT2D eigenvalue weighted by Crippen LogP contribution is -2.25. The van der Waals surface area contributed by atoms with Crippen LogP contribution < -0.4 is 0 Å². The van der Waals surface area contributed by atoms with Gasteiger partial charge >= 0.3 is 0 Å². The van der Waals surface area contributed by atoms with Gasteiger partial charge in [0.25, 0.3) is 0 Å². The molecule has 0 aromatic rings. The molecule has 0 aliphatic carbocycles. The Balaban J connectivity index is 3.84. The van der Waals surface area contributed by atoms with Crippen LogP contribution in [0.15, 0.2) is 12.2 Å². The largest absolute Gasteiger partial charge is 0.389 e. The first-order chi connectivity index (χ1) is 8.51. The predicted molar refractivity (Wildman–Crippen MR) is 79.0 cm³/mol. The molecular weight excluding hydrogens is 296 g/mol. The molecule has 0 radical (unpaired) electrons. The van der Waals surface area contributed by atoms with E-state index in [9.17, 15) is 5.11 Å². The van der Waals surface area contributed by atoms with E-state index in [0.717, 1.165) is 36.8 Å². The van der Waals surface area contributed by atoms with Gasteiger partial charge in [-0.05, 0) is 33.1 Å². The topological polar surface area (TPSA) is 38.7 Å². The quantitative estimate of drug-likeness (QED) is 0.273. The number of halogens is 1. The fourth-order valence-corrected chi connectivity index (χ4v) is 1.95. The lowest BCUT2D eigenvalue weighted by atomic mass is 10.1. The van der Waals surface area contributed by atoms with E-state index in [1.165, 1.54) is 0 Å². The van der Waals surface area contributed by atoms with E-state index in [4.69, 9.17) is 9.47 Å². The monoisotopic (exact) mass is 322 g/mol. The van der Waals surface area contributed by atoms with Gasteiger partial charge in [-0.2, -0.15) is 0 Å². The minimum Gasteiger partial charge on any atom is -0.389 e. The van der Waals surface area contributed by atoms with E-state index in [0.29, 0.717) is 6.42 Å². The van der Waals surface area contributed by atoms with E-state index in [2.05, 4.69) is 29.4 Å². The van der Waals surface area contributed by atoms with Gasteiger partial charge < -0.3 is 14.6 Å². The lowest BCUT2D eigenvalue weighted by molar-refractivity contribution is -0.156. The van der Waals surface area contributed by atoms with Gasteiger partial charge in [0.15, 0.2) is 6.29 Å². The predicted octanol–water partition coefficient (Wildman–Crippen LogP) is 3.65. The number of ether oxygens (including phenoxy) is 2. The molecule has 0 bridgehead atoms. The highest BCUT2D eigenvalue weighted by molar-refractivity contribution is 9.09. The highest BCUT2D eigenvalue weighted by Crippen LogP contribution is 2.14. The molecule has 4 heteroatoms. The Hall–Kier alpha value is 0.100. The molecule has 0 aromatic carbocycles. The molecule has 18 heavy (non-hydrogen) atoms. The van der Waals surface area contributed by atoms with Gasteiger partial charge in [-0.3, -0.25) is 0 Å². The van der Waals surface area contributed by atoms with E-state index in [1.54, 1.807) is 0 Å². The molecule has 0 amide bonds. The highest BCUT2D eigenvalue weighted by Gasteiger charge is 2.15. The second kappa shape index (κ2) is 11.0. The third kappa shape index (κ3) is 9.09. The molecule has 0 fully saturated rings. The summed E-state index contributed by atoms with van der Waals surface area (Å²) in [6.07, 6.45) is 3.08. The molecule has 3 atom stereocenters. The molecule has 0 saturated heterocycles. The van der Waals surface area contributed by atoms with Crippen molar-refractivity contribution >= 4 is 15.9 Å². The van der Waals surface area contributed by atoms with Crippen molar-refractivity contribution in [2.45, 2.75) is 65.0 Å². The third-order valence-corrected chi connectivity index (χ3v) is 3.46. The van der Waals surface area contributed by atoms with Crippen molar-refractivity contribution in [3.05, 3.63) is 12.2 Å². The number of hydrogen-bond donors (Lipinski definition) is 1. The Kier molecular flexibility index (Phi) is 11.0. The number of unbranched alkanes of at least 4 members (excludes halogenated alkanes) is 1. The van der Waals surface area contributed by atoms with Crippen molar-refractivity contribution in [1.29, 1.82) is 0 Å². The van der Waals surface area contributed by atoms with Crippen molar-refractivity contribution in [2.24, 2.45) is 0 Å². The highest BCUT2D eigenvalue weighted by atomic mass is 79.9. The first kappa shape index (κ1) is 18.1. The molecule has 108 valence electrons. The third-order valence-electron chi connectivity index (χ3n) is 2.74. The van der Waals surface area contributed by atoms with Crippen molar-refractivity contribution in [3.8, 4) is 0 Å². The van der Waals surface area contributed by atoms with Gasteiger partial charge in [0, 0.05) is 11.9 Å². The summed E-state index contributed by atoms with van der Waals surface area (Å²) >= 11 is 3.43. The van der Waals surface area contributed by atoms with Crippen LogP contribution in [0.3, 0.4) is 0 Å². The Bertz CT molecular complexity index is 221. The van der Waals surface area contributed by atoms with Gasteiger partial charge in [0.05, 0.1) is 12.2 Å². The summed E-state index contributed by atoms with van der Waals surface area (Å²) in [4.78, 5) is 0. The van der Waals surface area contributed by atoms with Crippen molar-refractivity contribution in [1.82, 2.24) is 0 Å². The first-order valence-corrected chi connectivity index (χ1v) is 7.79. The smallest absolute Gasteiger partial charge is 0.155 e. The second-order valence-electron chi connectivity index (χ2n) is 4.64. The number of rotatable bonds is 11. The van der Waals surface area contributed by atoms with Gasteiger partial charge in [-0.25, -0.2) is 0 Å². The summed E-state index contributed by atoms with van der Waals surface area (Å²) in [6.45, 7) is 10.4. The second-order valence-corrected chi connectivity index (χ2v) is 5.29. The molecular formula is C14H27BrO3. The summed E-state index contributed by atoms with van der Waals surface area (Å²) in [5, 5.41) is 10.4. The van der Waals surface area contributed by atoms with Crippen LogP contribution in [0.2, 0.25) is 0 Å². The fourth-order valence-electron chi connectivity index (χ4n) is 1.48. The summed E-state index contributed by atoms with van der Waals surface area (Å²) in [5.41, 5.74) is 0.801. The Morgan fingerprint density at radius 3 is 2.56 bits per heavy atom. The maximum atomic E-state index is 9.68. The maximum absolute atomic E-state index is 9.68. The van der Waals surface area contributed by atoms with E-state index in [1.807, 2.05) is 13.8 Å². The summed E-state index contributed by atoms with van der Waals surface area (Å²) < 4.78 is 11.3. The normalized spacial score (nSPS) is 16.3. The molecule has 0 spiro atoms. The molecule has 0 aliphatic heterocycles. The van der Waals surface area contributed by atoms with Crippen LogP contribution in [0.25, 0.3) is 0 Å². The van der Waals surface area contributed by atoms with Gasteiger partial charge in [0.1, 0.15) is 0 Å². The zero-order chi connectivity index (χ0) is 14.0. The molecule has 0 heterocycles. The Morgan fingerprint density at radius 1 is 1.39 bits per heavy atom. The van der Waals surface area contributed by atoms with Crippen LogP contribution in [0.5, 0.6) is 0 Å². The molecule has 0 rings (SSSR count).